The number of hydrogen-bond donors (Lipinski definition) is 1. The van der Waals surface area contributed by atoms with Crippen molar-refractivity contribution in [3.05, 3.63) is 0 Å². The van der Waals surface area contributed by atoms with Gasteiger partial charge in [0.2, 0.25) is 0 Å². The highest BCUT2D eigenvalue weighted by Crippen LogP contribution is 2.20. The number of hydrogen-bond acceptors (Lipinski definition) is 4. The molecule has 0 aliphatic carbocycles. The molecule has 0 aromatic carbocycles. The van der Waals surface area contributed by atoms with Crippen LogP contribution < -0.4 is 5.32 Å². The molecule has 4 nitrogen and oxygen atoms in total. The minimum Gasteiger partial charge on any atom is -0.353 e. The van der Waals surface area contributed by atoms with Crippen LogP contribution >= 0.6 is 0 Å². The van der Waals surface area contributed by atoms with Gasteiger partial charge in [0.05, 0.1) is 6.61 Å². The lowest BCUT2D eigenvalue weighted by Crippen LogP contribution is -2.37. The molecule has 3 aliphatic heterocycles. The second-order valence-corrected chi connectivity index (χ2v) is 5.89. The van der Waals surface area contributed by atoms with Crippen molar-refractivity contribution in [2.45, 2.75) is 56.9 Å². The summed E-state index contributed by atoms with van der Waals surface area (Å²) in [6.45, 7) is 5.18. The lowest BCUT2D eigenvalue weighted by Gasteiger charge is -2.26. The fourth-order valence-electron chi connectivity index (χ4n) is 3.37. The Morgan fingerprint density at radius 3 is 2.94 bits per heavy atom. The lowest BCUT2D eigenvalue weighted by molar-refractivity contribution is -0.164. The molecule has 0 saturated carbocycles. The molecule has 0 aromatic rings. The van der Waals surface area contributed by atoms with E-state index in [1.165, 1.54) is 45.2 Å². The maximum Gasteiger partial charge on any atom is 0.157 e. The first kappa shape index (κ1) is 12.9. The van der Waals surface area contributed by atoms with E-state index in [0.717, 1.165) is 38.3 Å². The molecule has 0 radical (unpaired) electrons. The summed E-state index contributed by atoms with van der Waals surface area (Å²) in [4.78, 5) is 2.56. The first-order chi connectivity index (χ1) is 8.90. The lowest BCUT2D eigenvalue weighted by atomic mass is 10.1. The number of rotatable bonds is 4. The molecule has 1 N–H and O–H groups in total. The first-order valence-electron chi connectivity index (χ1n) is 7.62. The molecule has 0 spiro atoms. The zero-order valence-corrected chi connectivity index (χ0v) is 11.3. The number of nitrogens with one attached hydrogen (secondary N) is 1. The third-order valence-corrected chi connectivity index (χ3v) is 4.46. The molecule has 104 valence electrons. The molecule has 4 heteroatoms. The monoisotopic (exact) mass is 254 g/mol. The van der Waals surface area contributed by atoms with Crippen molar-refractivity contribution < 1.29 is 9.47 Å². The molecule has 0 aromatic heterocycles. The number of ether oxygens (including phenoxy) is 2. The van der Waals surface area contributed by atoms with Crippen LogP contribution in [0.2, 0.25) is 0 Å². The van der Waals surface area contributed by atoms with E-state index in [1.54, 1.807) is 0 Å². The summed E-state index contributed by atoms with van der Waals surface area (Å²) < 4.78 is 11.4. The van der Waals surface area contributed by atoms with Gasteiger partial charge in [-0.2, -0.15) is 0 Å². The Kier molecular flexibility index (Phi) is 4.52. The second kappa shape index (κ2) is 6.33. The maximum absolute atomic E-state index is 5.82. The zero-order chi connectivity index (χ0) is 12.2. The van der Waals surface area contributed by atoms with E-state index >= 15 is 0 Å². The Hall–Kier alpha value is -0.160. The van der Waals surface area contributed by atoms with Crippen LogP contribution in [0, 0.1) is 0 Å². The Morgan fingerprint density at radius 2 is 2.06 bits per heavy atom. The van der Waals surface area contributed by atoms with Gasteiger partial charge in [-0.15, -0.1) is 0 Å². The highest BCUT2D eigenvalue weighted by atomic mass is 16.7. The minimum absolute atomic E-state index is 0.0697. The van der Waals surface area contributed by atoms with E-state index in [9.17, 15) is 0 Å². The van der Waals surface area contributed by atoms with Gasteiger partial charge in [0, 0.05) is 31.8 Å². The standard InChI is InChI=1S/C14H26N2O2/c1-2-9-17-14(3-1)18-10-8-16-7-6-12-4-5-13(11-16)15-12/h12-15H,1-11H2. The molecule has 0 amide bonds. The summed E-state index contributed by atoms with van der Waals surface area (Å²) in [6, 6.07) is 1.51. The van der Waals surface area contributed by atoms with E-state index in [0.29, 0.717) is 0 Å². The van der Waals surface area contributed by atoms with E-state index in [1.807, 2.05) is 0 Å². The summed E-state index contributed by atoms with van der Waals surface area (Å²) in [6.07, 6.45) is 7.63. The van der Waals surface area contributed by atoms with Crippen molar-refractivity contribution >= 4 is 0 Å². The van der Waals surface area contributed by atoms with Gasteiger partial charge in [-0.1, -0.05) is 0 Å². The van der Waals surface area contributed by atoms with Crippen molar-refractivity contribution in [1.29, 1.82) is 0 Å². The van der Waals surface area contributed by atoms with Crippen molar-refractivity contribution in [1.82, 2.24) is 10.2 Å². The van der Waals surface area contributed by atoms with Crippen molar-refractivity contribution in [3.8, 4) is 0 Å². The van der Waals surface area contributed by atoms with E-state index < -0.39 is 0 Å². The molecule has 3 aliphatic rings. The van der Waals surface area contributed by atoms with Crippen LogP contribution in [0.3, 0.4) is 0 Å². The average Bonchev–Trinajstić information content (AvgIpc) is 2.73. The van der Waals surface area contributed by atoms with E-state index in [2.05, 4.69) is 10.2 Å². The fraction of sp³-hybridized carbons (Fsp3) is 1.00. The number of fused-ring (bicyclic) bond motifs is 2. The van der Waals surface area contributed by atoms with Crippen LogP contribution in [0.15, 0.2) is 0 Å². The third-order valence-electron chi connectivity index (χ3n) is 4.46. The predicted octanol–water partition coefficient (Wildman–Crippen LogP) is 1.36. The minimum atomic E-state index is 0.0697. The molecule has 3 saturated heterocycles. The van der Waals surface area contributed by atoms with Gasteiger partial charge < -0.3 is 14.8 Å². The SMILES string of the molecule is C1CCC(OCCN2CCC3CCC(C2)N3)OC1. The van der Waals surface area contributed by atoms with Gasteiger partial charge in [0.1, 0.15) is 0 Å². The maximum atomic E-state index is 5.82. The van der Waals surface area contributed by atoms with E-state index in [4.69, 9.17) is 9.47 Å². The molecule has 3 rings (SSSR count). The van der Waals surface area contributed by atoms with Crippen molar-refractivity contribution in [2.75, 3.05) is 32.8 Å². The van der Waals surface area contributed by atoms with Gasteiger partial charge in [-0.3, -0.25) is 4.90 Å². The van der Waals surface area contributed by atoms with E-state index in [-0.39, 0.29) is 6.29 Å². The number of likely N-dealkylation sites (tertiary alicyclic amines) is 1. The molecular weight excluding hydrogens is 228 g/mol. The average molecular weight is 254 g/mol. The van der Waals surface area contributed by atoms with Crippen LogP contribution in [0.4, 0.5) is 0 Å². The molecular formula is C14H26N2O2. The largest absolute Gasteiger partial charge is 0.353 e. The topological polar surface area (TPSA) is 33.7 Å². The van der Waals surface area contributed by atoms with Gasteiger partial charge in [-0.05, 0) is 45.1 Å². The Labute approximate surface area is 110 Å². The quantitative estimate of drug-likeness (QED) is 0.821. The molecule has 3 unspecified atom stereocenters. The smallest absolute Gasteiger partial charge is 0.157 e. The Balaban J connectivity index is 1.35. The summed E-state index contributed by atoms with van der Waals surface area (Å²) >= 11 is 0. The molecule has 2 bridgehead atoms. The fourth-order valence-corrected chi connectivity index (χ4v) is 3.37. The first-order valence-corrected chi connectivity index (χ1v) is 7.62. The third kappa shape index (κ3) is 3.44. The normalized spacial score (nSPS) is 37.7. The Bertz CT molecular complexity index is 256. The van der Waals surface area contributed by atoms with Gasteiger partial charge in [-0.25, -0.2) is 0 Å². The molecule has 3 atom stereocenters. The highest BCUT2D eigenvalue weighted by Gasteiger charge is 2.29. The molecule has 3 heterocycles. The molecule has 18 heavy (non-hydrogen) atoms. The van der Waals surface area contributed by atoms with Crippen LogP contribution in [0.5, 0.6) is 0 Å². The van der Waals surface area contributed by atoms with Crippen molar-refractivity contribution in [2.24, 2.45) is 0 Å². The van der Waals surface area contributed by atoms with Crippen LogP contribution in [0.1, 0.15) is 38.5 Å². The van der Waals surface area contributed by atoms with Crippen molar-refractivity contribution in [3.63, 3.8) is 0 Å². The van der Waals surface area contributed by atoms with Crippen LogP contribution in [-0.4, -0.2) is 56.1 Å². The molecule has 3 fully saturated rings. The van der Waals surface area contributed by atoms with Crippen LogP contribution in [0.25, 0.3) is 0 Å². The van der Waals surface area contributed by atoms with Gasteiger partial charge in [0.25, 0.3) is 0 Å². The summed E-state index contributed by atoms with van der Waals surface area (Å²) in [5.41, 5.74) is 0. The highest BCUT2D eigenvalue weighted by molar-refractivity contribution is 4.89. The number of nitrogens with zero attached hydrogens (tertiary/aromatic N) is 1. The summed E-state index contributed by atoms with van der Waals surface area (Å²) in [7, 11) is 0. The van der Waals surface area contributed by atoms with Gasteiger partial charge in [0.15, 0.2) is 6.29 Å². The van der Waals surface area contributed by atoms with Gasteiger partial charge >= 0.3 is 0 Å². The second-order valence-electron chi connectivity index (χ2n) is 5.89. The summed E-state index contributed by atoms with van der Waals surface area (Å²) in [5.74, 6) is 0. The predicted molar refractivity (Wildman–Crippen MR) is 70.5 cm³/mol. The van der Waals surface area contributed by atoms with Crippen LogP contribution in [-0.2, 0) is 9.47 Å². The summed E-state index contributed by atoms with van der Waals surface area (Å²) in [5, 5.41) is 3.72. The zero-order valence-electron chi connectivity index (χ0n) is 11.3. The Morgan fingerprint density at radius 1 is 1.11 bits per heavy atom.